The van der Waals surface area contributed by atoms with E-state index in [1.807, 2.05) is 0 Å². The number of nitrogens with two attached hydrogens (primary N) is 1. The van der Waals surface area contributed by atoms with E-state index in [0.29, 0.717) is 11.3 Å². The zero-order valence-corrected chi connectivity index (χ0v) is 9.61. The lowest BCUT2D eigenvalue weighted by molar-refractivity contribution is -0.255. The molecule has 90 valence electrons. The molecule has 0 aliphatic carbocycles. The van der Waals surface area contributed by atoms with Gasteiger partial charge in [0.1, 0.15) is 0 Å². The van der Waals surface area contributed by atoms with E-state index in [0.717, 1.165) is 10.2 Å². The monoisotopic (exact) mass is 252 g/mol. The summed E-state index contributed by atoms with van der Waals surface area (Å²) in [5.41, 5.74) is 0.900. The molecule has 0 aliphatic heterocycles. The summed E-state index contributed by atoms with van der Waals surface area (Å²) >= 11 is 1.26. The van der Waals surface area contributed by atoms with Gasteiger partial charge in [-0.25, -0.2) is 0 Å². The Morgan fingerprint density at radius 1 is 1.59 bits per heavy atom. The minimum atomic E-state index is -1.22. The van der Waals surface area contributed by atoms with Crippen molar-refractivity contribution in [2.75, 3.05) is 6.61 Å². The van der Waals surface area contributed by atoms with Gasteiger partial charge in [-0.15, -0.1) is 0 Å². The van der Waals surface area contributed by atoms with Crippen molar-refractivity contribution < 1.29 is 15.0 Å². The zero-order valence-electron chi connectivity index (χ0n) is 8.79. The molecule has 17 heavy (non-hydrogen) atoms. The molecule has 1 aromatic heterocycles. The van der Waals surface area contributed by atoms with Crippen LogP contribution in [-0.2, 0) is 6.54 Å². The van der Waals surface area contributed by atoms with Crippen molar-refractivity contribution in [1.82, 2.24) is 4.57 Å². The van der Waals surface area contributed by atoms with Crippen molar-refractivity contribution >= 4 is 27.5 Å². The standard InChI is InChI=1S/C10H11N3O3S/c11-12-10-13(3-4-14)7-2-1-6(9(15)16)5-8(7)17-10/h1-2,5,14H,3-4,11H2,(H,15,16)/p-1/b12-10-. The van der Waals surface area contributed by atoms with Gasteiger partial charge in [0.05, 0.1) is 22.8 Å². The smallest absolute Gasteiger partial charge is 0.208 e. The fourth-order valence-corrected chi connectivity index (χ4v) is 2.63. The Bertz CT molecular complexity index is 629. The predicted octanol–water partition coefficient (Wildman–Crippen LogP) is -1.17. The van der Waals surface area contributed by atoms with Crippen molar-refractivity contribution in [1.29, 1.82) is 0 Å². The van der Waals surface area contributed by atoms with Crippen molar-refractivity contribution in [3.8, 4) is 0 Å². The quantitative estimate of drug-likeness (QED) is 0.530. The second-order valence-electron chi connectivity index (χ2n) is 3.36. The number of thiazole rings is 1. The number of carboxylic acids is 1. The Kier molecular flexibility index (Phi) is 3.12. The van der Waals surface area contributed by atoms with Gasteiger partial charge in [-0.05, 0) is 17.7 Å². The Morgan fingerprint density at radius 3 is 2.94 bits per heavy atom. The molecule has 1 aromatic carbocycles. The van der Waals surface area contributed by atoms with Crippen LogP contribution in [0.1, 0.15) is 10.4 Å². The molecule has 2 rings (SSSR count). The maximum Gasteiger partial charge on any atom is 0.208 e. The molecule has 0 saturated carbocycles. The number of hydrogen-bond donors (Lipinski definition) is 2. The summed E-state index contributed by atoms with van der Waals surface area (Å²) in [6, 6.07) is 4.62. The van der Waals surface area contributed by atoms with Crippen molar-refractivity contribution in [2.24, 2.45) is 10.9 Å². The first-order valence-corrected chi connectivity index (χ1v) is 5.68. The highest BCUT2D eigenvalue weighted by Crippen LogP contribution is 2.18. The second-order valence-corrected chi connectivity index (χ2v) is 4.37. The number of carboxylic acid groups (broad SMARTS) is 1. The summed E-state index contributed by atoms with van der Waals surface area (Å²) in [5, 5.41) is 23.3. The number of benzene rings is 1. The molecule has 0 saturated heterocycles. The number of aromatic carboxylic acids is 1. The van der Waals surface area contributed by atoms with Crippen LogP contribution in [0.2, 0.25) is 0 Å². The van der Waals surface area contributed by atoms with E-state index < -0.39 is 5.97 Å². The van der Waals surface area contributed by atoms with Crippen LogP contribution in [0.5, 0.6) is 0 Å². The molecule has 0 unspecified atom stereocenters. The first kappa shape index (κ1) is 11.6. The summed E-state index contributed by atoms with van der Waals surface area (Å²) in [6.07, 6.45) is 0. The molecule has 0 fully saturated rings. The van der Waals surface area contributed by atoms with E-state index in [-0.39, 0.29) is 12.2 Å². The molecular weight excluding hydrogens is 242 g/mol. The molecule has 0 radical (unpaired) electrons. The lowest BCUT2D eigenvalue weighted by Crippen LogP contribution is -2.22. The van der Waals surface area contributed by atoms with Crippen molar-refractivity contribution in [3.05, 3.63) is 28.6 Å². The van der Waals surface area contributed by atoms with E-state index in [1.54, 1.807) is 10.6 Å². The van der Waals surface area contributed by atoms with Gasteiger partial charge in [0.2, 0.25) is 4.80 Å². The topological polar surface area (TPSA) is 104 Å². The van der Waals surface area contributed by atoms with E-state index in [1.165, 1.54) is 23.5 Å². The molecule has 3 N–H and O–H groups in total. The third-order valence-electron chi connectivity index (χ3n) is 2.35. The molecule has 0 bridgehead atoms. The van der Waals surface area contributed by atoms with Gasteiger partial charge >= 0.3 is 0 Å². The van der Waals surface area contributed by atoms with Crippen LogP contribution < -0.4 is 15.8 Å². The predicted molar refractivity (Wildman–Crippen MR) is 61.0 cm³/mol. The van der Waals surface area contributed by atoms with Crippen molar-refractivity contribution in [2.45, 2.75) is 6.54 Å². The average Bonchev–Trinajstić information content (AvgIpc) is 2.67. The van der Waals surface area contributed by atoms with Gasteiger partial charge in [-0.2, -0.15) is 5.10 Å². The lowest BCUT2D eigenvalue weighted by atomic mass is 10.2. The van der Waals surface area contributed by atoms with Crippen LogP contribution >= 0.6 is 11.3 Å². The summed E-state index contributed by atoms with van der Waals surface area (Å²) in [4.78, 5) is 11.3. The molecule has 0 aliphatic rings. The summed E-state index contributed by atoms with van der Waals surface area (Å²) in [7, 11) is 0. The third kappa shape index (κ3) is 2.02. The lowest BCUT2D eigenvalue weighted by Gasteiger charge is -2.04. The minimum absolute atomic E-state index is 0.0404. The number of carbonyl (C=O) groups is 1. The highest BCUT2D eigenvalue weighted by atomic mass is 32.1. The largest absolute Gasteiger partial charge is 0.545 e. The third-order valence-corrected chi connectivity index (χ3v) is 3.41. The van der Waals surface area contributed by atoms with Crippen LogP contribution in [0, 0.1) is 0 Å². The number of aromatic nitrogens is 1. The zero-order chi connectivity index (χ0) is 12.4. The van der Waals surface area contributed by atoms with E-state index in [9.17, 15) is 9.90 Å². The summed E-state index contributed by atoms with van der Waals surface area (Å²) < 4.78 is 2.48. The molecule has 2 aromatic rings. The van der Waals surface area contributed by atoms with Crippen molar-refractivity contribution in [3.63, 3.8) is 0 Å². The SMILES string of the molecule is N/N=c1\sc2cc(C(=O)[O-])ccc2n1CCO. The summed E-state index contributed by atoms with van der Waals surface area (Å²) in [6.45, 7) is 0.321. The van der Waals surface area contributed by atoms with Gasteiger partial charge in [0, 0.05) is 6.54 Å². The van der Waals surface area contributed by atoms with Crippen LogP contribution in [0.3, 0.4) is 0 Å². The normalized spacial score (nSPS) is 12.2. The van der Waals surface area contributed by atoms with Crippen LogP contribution in [-0.4, -0.2) is 22.2 Å². The van der Waals surface area contributed by atoms with E-state index in [4.69, 9.17) is 10.9 Å². The minimum Gasteiger partial charge on any atom is -0.545 e. The molecule has 0 atom stereocenters. The number of nitrogens with zero attached hydrogens (tertiary/aromatic N) is 2. The highest BCUT2D eigenvalue weighted by molar-refractivity contribution is 7.16. The van der Waals surface area contributed by atoms with Gasteiger partial charge in [0.25, 0.3) is 0 Å². The number of hydrogen-bond acceptors (Lipinski definition) is 6. The van der Waals surface area contributed by atoms with Gasteiger partial charge in [0.15, 0.2) is 0 Å². The maximum atomic E-state index is 10.7. The number of rotatable bonds is 3. The number of aliphatic hydroxyl groups is 1. The fraction of sp³-hybridized carbons (Fsp3) is 0.200. The highest BCUT2D eigenvalue weighted by Gasteiger charge is 2.06. The van der Waals surface area contributed by atoms with E-state index >= 15 is 0 Å². The first-order valence-electron chi connectivity index (χ1n) is 4.87. The fourth-order valence-electron chi connectivity index (χ4n) is 1.61. The second kappa shape index (κ2) is 4.56. The van der Waals surface area contributed by atoms with E-state index in [2.05, 4.69) is 5.10 Å². The Balaban J connectivity index is 2.70. The van der Waals surface area contributed by atoms with Crippen LogP contribution in [0.15, 0.2) is 23.3 Å². The molecule has 7 heteroatoms. The van der Waals surface area contributed by atoms with Crippen LogP contribution in [0.4, 0.5) is 0 Å². The Morgan fingerprint density at radius 2 is 2.35 bits per heavy atom. The average molecular weight is 252 g/mol. The first-order chi connectivity index (χ1) is 8.17. The molecule has 0 amide bonds. The maximum absolute atomic E-state index is 10.7. The molecule has 1 heterocycles. The van der Waals surface area contributed by atoms with Gasteiger partial charge in [-0.1, -0.05) is 17.4 Å². The molecule has 0 spiro atoms. The molecular formula is C10H10N3O3S-. The Labute approximate surface area is 100 Å². The number of carbonyl (C=O) groups excluding carboxylic acids is 1. The number of fused-ring (bicyclic) bond motifs is 1. The summed E-state index contributed by atoms with van der Waals surface area (Å²) in [5.74, 6) is 4.02. The Hall–Kier alpha value is -1.86. The number of aliphatic hydroxyl groups excluding tert-OH is 1. The van der Waals surface area contributed by atoms with Gasteiger partial charge < -0.3 is 25.4 Å². The van der Waals surface area contributed by atoms with Gasteiger partial charge in [-0.3, -0.25) is 0 Å². The van der Waals surface area contributed by atoms with Crippen LogP contribution in [0.25, 0.3) is 10.2 Å². The molecule has 6 nitrogen and oxygen atoms in total.